The number of carbonyl (C=O) groups is 1. The molecule has 2 aromatic rings. The van der Waals surface area contributed by atoms with Gasteiger partial charge in [-0.05, 0) is 48.8 Å². The van der Waals surface area contributed by atoms with E-state index in [4.69, 9.17) is 0 Å². The molecule has 1 fully saturated rings. The zero-order chi connectivity index (χ0) is 21.2. The molecule has 5 nitrogen and oxygen atoms in total. The van der Waals surface area contributed by atoms with Crippen molar-refractivity contribution in [3.63, 3.8) is 0 Å². The summed E-state index contributed by atoms with van der Waals surface area (Å²) in [5, 5.41) is 4.26. The quantitative estimate of drug-likeness (QED) is 0.469. The van der Waals surface area contributed by atoms with Gasteiger partial charge in [-0.3, -0.25) is 4.79 Å². The Bertz CT molecular complexity index is 923. The Balaban J connectivity index is 1.37. The first-order valence-electron chi connectivity index (χ1n) is 10.2. The number of thioether (sulfide) groups is 1. The van der Waals surface area contributed by atoms with Crippen molar-refractivity contribution in [2.45, 2.75) is 24.2 Å². The number of sulfonamides is 1. The molecular weight excluding hydrogens is 416 g/mol. The van der Waals surface area contributed by atoms with E-state index in [1.54, 1.807) is 17.8 Å². The van der Waals surface area contributed by atoms with Gasteiger partial charge in [-0.25, -0.2) is 8.42 Å². The van der Waals surface area contributed by atoms with Gasteiger partial charge >= 0.3 is 0 Å². The predicted molar refractivity (Wildman–Crippen MR) is 123 cm³/mol. The molecule has 1 aliphatic heterocycles. The number of benzene rings is 2. The summed E-state index contributed by atoms with van der Waals surface area (Å²) in [6, 6.07) is 19.6. The van der Waals surface area contributed by atoms with Gasteiger partial charge in [0.05, 0.1) is 0 Å². The van der Waals surface area contributed by atoms with Crippen LogP contribution in [0.3, 0.4) is 0 Å². The molecule has 1 aliphatic rings. The lowest BCUT2D eigenvalue weighted by molar-refractivity contribution is -0.126. The van der Waals surface area contributed by atoms with Crippen molar-refractivity contribution in [3.8, 4) is 0 Å². The molecule has 0 spiro atoms. The summed E-state index contributed by atoms with van der Waals surface area (Å²) in [5.74, 6) is 0.877. The Kier molecular flexibility index (Phi) is 8.54. The second-order valence-corrected chi connectivity index (χ2v) is 10.2. The lowest BCUT2D eigenvalue weighted by Gasteiger charge is -2.29. The van der Waals surface area contributed by atoms with Crippen molar-refractivity contribution >= 4 is 33.8 Å². The summed E-state index contributed by atoms with van der Waals surface area (Å²) < 4.78 is 26.5. The first kappa shape index (κ1) is 22.6. The molecule has 0 aliphatic carbocycles. The molecule has 0 saturated carbocycles. The Labute approximate surface area is 183 Å². The summed E-state index contributed by atoms with van der Waals surface area (Å²) in [7, 11) is -3.46. The van der Waals surface area contributed by atoms with Crippen LogP contribution >= 0.6 is 11.8 Å². The molecular formula is C23H28N2O3S2. The number of hydrogen-bond acceptors (Lipinski definition) is 4. The molecule has 7 heteroatoms. The first-order chi connectivity index (χ1) is 14.5. The summed E-state index contributed by atoms with van der Waals surface area (Å²) in [4.78, 5) is 13.6. The summed E-state index contributed by atoms with van der Waals surface area (Å²) >= 11 is 1.78. The van der Waals surface area contributed by atoms with Crippen LogP contribution in [0.25, 0.3) is 6.08 Å². The fraction of sp³-hybridized carbons (Fsp3) is 0.348. The van der Waals surface area contributed by atoms with E-state index in [0.717, 1.165) is 17.7 Å². The van der Waals surface area contributed by atoms with E-state index in [1.807, 2.05) is 48.5 Å². The average Bonchev–Trinajstić information content (AvgIpc) is 2.79. The largest absolute Gasteiger partial charge is 0.356 e. The first-order valence-corrected chi connectivity index (χ1v) is 12.7. The van der Waals surface area contributed by atoms with Crippen LogP contribution in [-0.2, 0) is 14.8 Å². The van der Waals surface area contributed by atoms with E-state index in [1.165, 1.54) is 14.6 Å². The molecule has 160 valence electrons. The Morgan fingerprint density at radius 2 is 1.67 bits per heavy atom. The average molecular weight is 445 g/mol. The van der Waals surface area contributed by atoms with E-state index in [-0.39, 0.29) is 11.8 Å². The monoisotopic (exact) mass is 444 g/mol. The highest BCUT2D eigenvalue weighted by molar-refractivity contribution is 7.99. The summed E-state index contributed by atoms with van der Waals surface area (Å²) in [6.45, 7) is 1.41. The molecule has 0 unspecified atom stereocenters. The second-order valence-electron chi connectivity index (χ2n) is 7.24. The minimum atomic E-state index is -3.46. The van der Waals surface area contributed by atoms with Crippen molar-refractivity contribution in [2.75, 3.05) is 25.4 Å². The topological polar surface area (TPSA) is 66.5 Å². The molecule has 3 rings (SSSR count). The van der Waals surface area contributed by atoms with E-state index >= 15 is 0 Å². The smallest absolute Gasteiger partial charge is 0.236 e. The van der Waals surface area contributed by atoms with Crippen LogP contribution in [0.1, 0.15) is 24.8 Å². The van der Waals surface area contributed by atoms with Crippen molar-refractivity contribution in [3.05, 3.63) is 71.6 Å². The van der Waals surface area contributed by atoms with E-state index in [0.29, 0.717) is 32.5 Å². The number of rotatable bonds is 9. The number of hydrogen-bond donors (Lipinski definition) is 1. The molecule has 0 atom stereocenters. The van der Waals surface area contributed by atoms with Crippen molar-refractivity contribution in [1.82, 2.24) is 9.62 Å². The molecule has 1 N–H and O–H groups in total. The zero-order valence-corrected chi connectivity index (χ0v) is 18.6. The maximum atomic E-state index is 12.5. The maximum absolute atomic E-state index is 12.5. The van der Waals surface area contributed by atoms with Crippen LogP contribution in [0.2, 0.25) is 0 Å². The fourth-order valence-electron chi connectivity index (χ4n) is 3.32. The van der Waals surface area contributed by atoms with Gasteiger partial charge < -0.3 is 5.32 Å². The van der Waals surface area contributed by atoms with Crippen molar-refractivity contribution in [1.29, 1.82) is 0 Å². The molecule has 0 bridgehead atoms. The lowest BCUT2D eigenvalue weighted by Crippen LogP contribution is -2.42. The number of carbonyl (C=O) groups excluding carboxylic acids is 1. The number of nitrogens with one attached hydrogen (secondary N) is 1. The van der Waals surface area contributed by atoms with Gasteiger partial charge in [0, 0.05) is 35.9 Å². The molecule has 0 radical (unpaired) electrons. The van der Waals surface area contributed by atoms with Crippen LogP contribution in [0.5, 0.6) is 0 Å². The lowest BCUT2D eigenvalue weighted by atomic mass is 9.97. The molecule has 2 aromatic carbocycles. The number of piperidine rings is 1. The summed E-state index contributed by atoms with van der Waals surface area (Å²) in [5.41, 5.74) is 0.848. The van der Waals surface area contributed by atoms with Gasteiger partial charge in [-0.2, -0.15) is 4.31 Å². The zero-order valence-electron chi connectivity index (χ0n) is 16.9. The minimum Gasteiger partial charge on any atom is -0.356 e. The van der Waals surface area contributed by atoms with Gasteiger partial charge in [0.2, 0.25) is 15.9 Å². The van der Waals surface area contributed by atoms with Crippen LogP contribution in [0.4, 0.5) is 0 Å². The SMILES string of the molecule is O=C(NCCCSc1ccccc1)C1CCN(S(=O)(=O)/C=C/c2ccccc2)CC1. The molecule has 0 aromatic heterocycles. The van der Waals surface area contributed by atoms with Crippen LogP contribution in [0, 0.1) is 5.92 Å². The van der Waals surface area contributed by atoms with Crippen molar-refractivity contribution in [2.24, 2.45) is 5.92 Å². The van der Waals surface area contributed by atoms with Gasteiger partial charge in [-0.15, -0.1) is 11.8 Å². The third kappa shape index (κ3) is 7.00. The molecule has 1 amide bonds. The van der Waals surface area contributed by atoms with Gasteiger partial charge in [0.25, 0.3) is 0 Å². The molecule has 1 heterocycles. The highest BCUT2D eigenvalue weighted by atomic mass is 32.2. The molecule has 30 heavy (non-hydrogen) atoms. The Morgan fingerprint density at radius 3 is 2.33 bits per heavy atom. The Hall–Kier alpha value is -2.09. The normalized spacial score (nSPS) is 16.0. The van der Waals surface area contributed by atoms with Crippen LogP contribution < -0.4 is 5.32 Å². The predicted octanol–water partition coefficient (Wildman–Crippen LogP) is 4.00. The van der Waals surface area contributed by atoms with E-state index < -0.39 is 10.0 Å². The maximum Gasteiger partial charge on any atom is 0.236 e. The third-order valence-corrected chi connectivity index (χ3v) is 7.71. The van der Waals surface area contributed by atoms with E-state index in [2.05, 4.69) is 17.4 Å². The number of nitrogens with zero attached hydrogens (tertiary/aromatic N) is 1. The highest BCUT2D eigenvalue weighted by Gasteiger charge is 2.29. The van der Waals surface area contributed by atoms with Crippen molar-refractivity contribution < 1.29 is 13.2 Å². The minimum absolute atomic E-state index is 0.0385. The number of amides is 1. The van der Waals surface area contributed by atoms with Crippen LogP contribution in [-0.4, -0.2) is 44.0 Å². The Morgan fingerprint density at radius 1 is 1.03 bits per heavy atom. The summed E-state index contributed by atoms with van der Waals surface area (Å²) in [6.07, 6.45) is 3.64. The molecule has 1 saturated heterocycles. The van der Waals surface area contributed by atoms with Crippen LogP contribution in [0.15, 0.2) is 71.0 Å². The fourth-order valence-corrected chi connectivity index (χ4v) is 5.42. The second kappa shape index (κ2) is 11.3. The standard InChI is InChI=1S/C23H28N2O3S2/c26-23(24-15-7-18-29-22-10-5-2-6-11-22)21-12-16-25(17-13-21)30(27,28)19-14-20-8-3-1-4-9-20/h1-6,8-11,14,19,21H,7,12-13,15-18H2,(H,24,26)/b19-14+. The third-order valence-electron chi connectivity index (χ3n) is 5.05. The van der Waals surface area contributed by atoms with Gasteiger partial charge in [0.1, 0.15) is 0 Å². The van der Waals surface area contributed by atoms with Gasteiger partial charge in [-0.1, -0.05) is 48.5 Å². The highest BCUT2D eigenvalue weighted by Crippen LogP contribution is 2.21. The van der Waals surface area contributed by atoms with E-state index in [9.17, 15) is 13.2 Å². The van der Waals surface area contributed by atoms with Gasteiger partial charge in [0.15, 0.2) is 0 Å².